The summed E-state index contributed by atoms with van der Waals surface area (Å²) in [6.07, 6.45) is 0. The summed E-state index contributed by atoms with van der Waals surface area (Å²) in [6.45, 7) is 0. The van der Waals surface area contributed by atoms with Gasteiger partial charge >= 0.3 is 0 Å². The van der Waals surface area contributed by atoms with Crippen molar-refractivity contribution in [3.8, 4) is 5.75 Å². The second kappa shape index (κ2) is 3.31. The zero-order valence-electron chi connectivity index (χ0n) is 8.61. The summed E-state index contributed by atoms with van der Waals surface area (Å²) in [5.74, 6) is -0.624. The monoisotopic (exact) mass is 230 g/mol. The van der Waals surface area contributed by atoms with Crippen LogP contribution in [0.25, 0.3) is 21.9 Å². The van der Waals surface area contributed by atoms with Gasteiger partial charge in [0.2, 0.25) is 5.43 Å². The van der Waals surface area contributed by atoms with E-state index in [1.54, 1.807) is 0 Å². The number of phenolic OH excluding ortho intramolecular Hbond substituents is 1. The average molecular weight is 230 g/mol. The maximum Gasteiger partial charge on any atom is 0.200 e. The largest absolute Gasteiger partial charge is 0.508 e. The Hall–Kier alpha value is -2.36. The topological polar surface area (TPSA) is 50.4 Å². The number of rotatable bonds is 0. The first-order valence-electron chi connectivity index (χ1n) is 5.01. The molecule has 3 aromatic rings. The zero-order valence-corrected chi connectivity index (χ0v) is 8.61. The molecule has 3 rings (SSSR count). The molecule has 0 aliphatic heterocycles. The van der Waals surface area contributed by atoms with Crippen molar-refractivity contribution in [2.24, 2.45) is 0 Å². The highest BCUT2D eigenvalue weighted by atomic mass is 19.1. The maximum atomic E-state index is 13.5. The minimum Gasteiger partial charge on any atom is -0.508 e. The smallest absolute Gasteiger partial charge is 0.200 e. The quantitative estimate of drug-likeness (QED) is 0.604. The lowest BCUT2D eigenvalue weighted by molar-refractivity contribution is 0.474. The van der Waals surface area contributed by atoms with Crippen molar-refractivity contribution in [3.63, 3.8) is 0 Å². The average Bonchev–Trinajstić information content (AvgIpc) is 2.30. The number of phenols is 1. The van der Waals surface area contributed by atoms with E-state index >= 15 is 0 Å². The maximum absolute atomic E-state index is 13.5. The summed E-state index contributed by atoms with van der Waals surface area (Å²) in [5.41, 5.74) is -0.219. The van der Waals surface area contributed by atoms with E-state index in [1.807, 2.05) is 0 Å². The van der Waals surface area contributed by atoms with Crippen LogP contribution in [0.4, 0.5) is 4.39 Å². The molecule has 0 radical (unpaired) electrons. The summed E-state index contributed by atoms with van der Waals surface area (Å²) < 4.78 is 18.8. The van der Waals surface area contributed by atoms with Gasteiger partial charge in [-0.2, -0.15) is 0 Å². The van der Waals surface area contributed by atoms with Crippen LogP contribution in [0.1, 0.15) is 0 Å². The normalized spacial score (nSPS) is 11.1. The number of benzene rings is 2. The Morgan fingerprint density at radius 1 is 1.12 bits per heavy atom. The first kappa shape index (κ1) is 9.84. The second-order valence-corrected chi connectivity index (χ2v) is 3.73. The standard InChI is InChI=1S/C13H7FO3/c14-10-3-1-2-9-12(16)8-5-4-7(15)6-11(8)17-13(9)10/h1-6,15H. The molecule has 0 bridgehead atoms. The number of halogens is 1. The summed E-state index contributed by atoms with van der Waals surface area (Å²) in [6, 6.07) is 8.34. The molecule has 0 aliphatic carbocycles. The fraction of sp³-hybridized carbons (Fsp3) is 0. The third kappa shape index (κ3) is 1.38. The molecule has 84 valence electrons. The Morgan fingerprint density at radius 3 is 2.76 bits per heavy atom. The van der Waals surface area contributed by atoms with Crippen molar-refractivity contribution in [2.75, 3.05) is 0 Å². The SMILES string of the molecule is O=c1c2ccc(O)cc2oc2c(F)cccc12. The van der Waals surface area contributed by atoms with Crippen LogP contribution in [0.15, 0.2) is 45.6 Å². The van der Waals surface area contributed by atoms with Gasteiger partial charge in [0.15, 0.2) is 11.4 Å². The van der Waals surface area contributed by atoms with Gasteiger partial charge in [-0.15, -0.1) is 0 Å². The van der Waals surface area contributed by atoms with E-state index < -0.39 is 5.82 Å². The van der Waals surface area contributed by atoms with Crippen LogP contribution >= 0.6 is 0 Å². The van der Waals surface area contributed by atoms with Crippen molar-refractivity contribution in [3.05, 3.63) is 52.4 Å². The Kier molecular flexibility index (Phi) is 1.92. The fourth-order valence-corrected chi connectivity index (χ4v) is 1.83. The van der Waals surface area contributed by atoms with Crippen LogP contribution in [0.3, 0.4) is 0 Å². The Bertz CT molecular complexity index is 790. The highest BCUT2D eigenvalue weighted by Crippen LogP contribution is 2.23. The van der Waals surface area contributed by atoms with Gasteiger partial charge < -0.3 is 9.52 Å². The summed E-state index contributed by atoms with van der Waals surface area (Å²) in [5, 5.41) is 9.82. The van der Waals surface area contributed by atoms with Gasteiger partial charge in [-0.1, -0.05) is 6.07 Å². The molecule has 0 unspecified atom stereocenters. The minimum atomic E-state index is -0.593. The van der Waals surface area contributed by atoms with Crippen LogP contribution in [0.5, 0.6) is 5.75 Å². The molecule has 0 spiro atoms. The van der Waals surface area contributed by atoms with Crippen molar-refractivity contribution in [1.29, 1.82) is 0 Å². The van der Waals surface area contributed by atoms with Crippen molar-refractivity contribution >= 4 is 21.9 Å². The number of aromatic hydroxyl groups is 1. The minimum absolute atomic E-state index is 0.0312. The lowest BCUT2D eigenvalue weighted by Crippen LogP contribution is -2.02. The van der Waals surface area contributed by atoms with Gasteiger partial charge in [0.05, 0.1) is 10.8 Å². The Morgan fingerprint density at radius 2 is 1.94 bits per heavy atom. The lowest BCUT2D eigenvalue weighted by atomic mass is 10.1. The molecule has 1 N–H and O–H groups in total. The highest BCUT2D eigenvalue weighted by Gasteiger charge is 2.10. The number of hydrogen-bond donors (Lipinski definition) is 1. The van der Waals surface area contributed by atoms with E-state index in [4.69, 9.17) is 4.42 Å². The molecule has 4 heteroatoms. The summed E-state index contributed by atoms with van der Waals surface area (Å²) in [4.78, 5) is 12.0. The van der Waals surface area contributed by atoms with Crippen LogP contribution in [-0.4, -0.2) is 5.11 Å². The summed E-state index contributed by atoms with van der Waals surface area (Å²) in [7, 11) is 0. The number of para-hydroxylation sites is 1. The van der Waals surface area contributed by atoms with E-state index in [9.17, 15) is 14.3 Å². The molecule has 0 amide bonds. The van der Waals surface area contributed by atoms with E-state index in [1.165, 1.54) is 36.4 Å². The molecule has 1 heterocycles. The van der Waals surface area contributed by atoms with Gasteiger partial charge in [0, 0.05) is 6.07 Å². The van der Waals surface area contributed by atoms with E-state index in [2.05, 4.69) is 0 Å². The van der Waals surface area contributed by atoms with Crippen molar-refractivity contribution in [2.45, 2.75) is 0 Å². The highest BCUT2D eigenvalue weighted by molar-refractivity contribution is 5.90. The predicted molar refractivity (Wildman–Crippen MR) is 61.6 cm³/mol. The molecule has 2 aromatic carbocycles. The molecule has 1 aromatic heterocycles. The molecule has 0 saturated heterocycles. The van der Waals surface area contributed by atoms with Gasteiger partial charge in [0.1, 0.15) is 11.3 Å². The van der Waals surface area contributed by atoms with Gasteiger partial charge in [-0.3, -0.25) is 4.79 Å². The van der Waals surface area contributed by atoms with Crippen LogP contribution in [0, 0.1) is 5.82 Å². The van der Waals surface area contributed by atoms with Crippen LogP contribution in [0.2, 0.25) is 0 Å². The molecule has 0 fully saturated rings. The molecular formula is C13H7FO3. The molecule has 17 heavy (non-hydrogen) atoms. The van der Waals surface area contributed by atoms with Crippen molar-refractivity contribution < 1.29 is 13.9 Å². The molecule has 0 aliphatic rings. The van der Waals surface area contributed by atoms with Gasteiger partial charge in [0.25, 0.3) is 0 Å². The third-order valence-corrected chi connectivity index (χ3v) is 2.63. The number of hydrogen-bond acceptors (Lipinski definition) is 3. The predicted octanol–water partition coefficient (Wildman–Crippen LogP) is 2.79. The third-order valence-electron chi connectivity index (χ3n) is 2.63. The van der Waals surface area contributed by atoms with E-state index in [-0.39, 0.29) is 27.7 Å². The molecule has 0 atom stereocenters. The lowest BCUT2D eigenvalue weighted by Gasteiger charge is -2.02. The van der Waals surface area contributed by atoms with Gasteiger partial charge in [-0.05, 0) is 24.3 Å². The Balaban J connectivity index is 2.62. The van der Waals surface area contributed by atoms with E-state index in [0.29, 0.717) is 5.39 Å². The molecule has 0 saturated carbocycles. The first-order chi connectivity index (χ1) is 8.16. The van der Waals surface area contributed by atoms with Crippen molar-refractivity contribution in [1.82, 2.24) is 0 Å². The first-order valence-corrected chi connectivity index (χ1v) is 5.01. The number of fused-ring (bicyclic) bond motifs is 2. The van der Waals surface area contributed by atoms with Crippen LogP contribution in [-0.2, 0) is 0 Å². The molecule has 3 nitrogen and oxygen atoms in total. The second-order valence-electron chi connectivity index (χ2n) is 3.73. The van der Waals surface area contributed by atoms with Gasteiger partial charge in [-0.25, -0.2) is 4.39 Å². The Labute approximate surface area is 94.7 Å². The van der Waals surface area contributed by atoms with Crippen LogP contribution < -0.4 is 5.43 Å². The fourth-order valence-electron chi connectivity index (χ4n) is 1.83. The zero-order chi connectivity index (χ0) is 12.0. The summed E-state index contributed by atoms with van der Waals surface area (Å²) >= 11 is 0. The molecular weight excluding hydrogens is 223 g/mol. The van der Waals surface area contributed by atoms with E-state index in [0.717, 1.165) is 0 Å².